The van der Waals surface area contributed by atoms with Crippen molar-refractivity contribution in [1.82, 2.24) is 25.8 Å². The second kappa shape index (κ2) is 10.6. The molecule has 2 aromatic heterocycles. The Hall–Kier alpha value is -1.71. The normalized spacial score (nSPS) is 15.6. The Balaban J connectivity index is 0.00000261. The second-order valence-corrected chi connectivity index (χ2v) is 6.81. The van der Waals surface area contributed by atoms with E-state index in [2.05, 4.69) is 39.6 Å². The first-order chi connectivity index (χ1) is 12.7. The van der Waals surface area contributed by atoms with Gasteiger partial charge in [-0.25, -0.2) is 0 Å². The monoisotopic (exact) mass is 484 g/mol. The Bertz CT molecular complexity index is 708. The summed E-state index contributed by atoms with van der Waals surface area (Å²) in [4.78, 5) is 13.4. The molecule has 0 spiro atoms. The van der Waals surface area contributed by atoms with Crippen molar-refractivity contribution in [2.45, 2.75) is 46.0 Å². The molecular formula is C19H29IN6O. The largest absolute Gasteiger partial charge is 0.357 e. The first-order valence-electron chi connectivity index (χ1n) is 9.51. The molecule has 2 N–H and O–H groups in total. The minimum atomic E-state index is 0. The first kappa shape index (κ1) is 21.6. The van der Waals surface area contributed by atoms with E-state index in [-0.39, 0.29) is 24.0 Å². The zero-order valence-electron chi connectivity index (χ0n) is 16.1. The molecule has 0 unspecified atom stereocenters. The van der Waals surface area contributed by atoms with Crippen LogP contribution in [0.3, 0.4) is 0 Å². The van der Waals surface area contributed by atoms with Crippen LogP contribution in [0, 0.1) is 5.41 Å². The lowest BCUT2D eigenvalue weighted by Gasteiger charge is -2.40. The van der Waals surface area contributed by atoms with Crippen molar-refractivity contribution in [3.63, 3.8) is 0 Å². The molecule has 8 heteroatoms. The van der Waals surface area contributed by atoms with Crippen molar-refractivity contribution in [1.29, 1.82) is 0 Å². The van der Waals surface area contributed by atoms with Crippen LogP contribution in [-0.2, 0) is 6.42 Å². The third-order valence-electron chi connectivity index (χ3n) is 5.07. The van der Waals surface area contributed by atoms with E-state index in [4.69, 9.17) is 9.52 Å². The minimum Gasteiger partial charge on any atom is -0.357 e. The molecule has 0 saturated heterocycles. The van der Waals surface area contributed by atoms with E-state index in [0.717, 1.165) is 19.0 Å². The summed E-state index contributed by atoms with van der Waals surface area (Å²) in [5.41, 5.74) is 1.12. The maximum absolute atomic E-state index is 5.29. The predicted molar refractivity (Wildman–Crippen MR) is 117 cm³/mol. The molecule has 2 heterocycles. The van der Waals surface area contributed by atoms with Gasteiger partial charge < -0.3 is 15.2 Å². The summed E-state index contributed by atoms with van der Waals surface area (Å²) in [6, 6.07) is 5.62. The van der Waals surface area contributed by atoms with Gasteiger partial charge in [0.05, 0.1) is 0 Å². The molecule has 3 rings (SSSR count). The highest BCUT2D eigenvalue weighted by Gasteiger charge is 2.34. The lowest BCUT2D eigenvalue weighted by molar-refractivity contribution is 0.139. The number of nitrogens with zero attached hydrogens (tertiary/aromatic N) is 4. The Morgan fingerprint density at radius 1 is 1.26 bits per heavy atom. The van der Waals surface area contributed by atoms with E-state index in [1.165, 1.54) is 25.7 Å². The van der Waals surface area contributed by atoms with Crippen LogP contribution in [0.4, 0.5) is 0 Å². The van der Waals surface area contributed by atoms with Crippen LogP contribution in [0.5, 0.6) is 0 Å². The molecule has 0 radical (unpaired) electrons. The molecule has 0 bridgehead atoms. The summed E-state index contributed by atoms with van der Waals surface area (Å²) in [6.07, 6.45) is 7.51. The summed E-state index contributed by atoms with van der Waals surface area (Å²) in [7, 11) is 0. The van der Waals surface area contributed by atoms with Gasteiger partial charge in [0.1, 0.15) is 5.69 Å². The summed E-state index contributed by atoms with van der Waals surface area (Å²) in [5.74, 6) is 1.98. The molecule has 0 aliphatic heterocycles. The first-order valence-corrected chi connectivity index (χ1v) is 9.51. The van der Waals surface area contributed by atoms with E-state index >= 15 is 0 Å². The molecule has 1 aliphatic carbocycles. The Morgan fingerprint density at radius 3 is 2.74 bits per heavy atom. The second-order valence-electron chi connectivity index (χ2n) is 6.81. The van der Waals surface area contributed by atoms with Gasteiger partial charge in [-0.2, -0.15) is 4.98 Å². The maximum Gasteiger partial charge on any atom is 0.276 e. The van der Waals surface area contributed by atoms with Crippen molar-refractivity contribution < 1.29 is 4.52 Å². The quantitative estimate of drug-likeness (QED) is 0.339. The standard InChI is InChI=1S/C19H28N6O.HI/c1-3-19(10-7-11-19)14-23-18(20-4-2)22-13-9-16-24-17(26-25-16)15-8-5-6-12-21-15;/h5-6,8,12H,3-4,7,9-11,13-14H2,1-2H3,(H2,20,22,23);1H. The highest BCUT2D eigenvalue weighted by molar-refractivity contribution is 14.0. The molecule has 2 aromatic rings. The summed E-state index contributed by atoms with van der Waals surface area (Å²) in [5, 5.41) is 10.7. The van der Waals surface area contributed by atoms with E-state index in [1.807, 2.05) is 18.2 Å². The number of pyridine rings is 1. The number of aromatic nitrogens is 3. The van der Waals surface area contributed by atoms with Gasteiger partial charge >= 0.3 is 0 Å². The summed E-state index contributed by atoms with van der Waals surface area (Å²) < 4.78 is 5.29. The fraction of sp³-hybridized carbons (Fsp3) is 0.579. The van der Waals surface area contributed by atoms with Crippen LogP contribution in [-0.4, -0.2) is 40.7 Å². The number of halogens is 1. The minimum absolute atomic E-state index is 0. The van der Waals surface area contributed by atoms with Gasteiger partial charge in [0.25, 0.3) is 5.89 Å². The van der Waals surface area contributed by atoms with Gasteiger partial charge in [0, 0.05) is 32.3 Å². The molecule has 1 saturated carbocycles. The van der Waals surface area contributed by atoms with Crippen LogP contribution in [0.1, 0.15) is 45.4 Å². The highest BCUT2D eigenvalue weighted by Crippen LogP contribution is 2.43. The fourth-order valence-electron chi connectivity index (χ4n) is 3.13. The summed E-state index contributed by atoms with van der Waals surface area (Å²) in [6.45, 7) is 6.78. The zero-order valence-corrected chi connectivity index (χ0v) is 18.4. The Kier molecular flexibility index (Phi) is 8.46. The van der Waals surface area contributed by atoms with Crippen LogP contribution in [0.15, 0.2) is 33.9 Å². The molecule has 27 heavy (non-hydrogen) atoms. The van der Waals surface area contributed by atoms with Gasteiger partial charge in [0.2, 0.25) is 0 Å². The van der Waals surface area contributed by atoms with Gasteiger partial charge in [-0.3, -0.25) is 9.98 Å². The molecule has 7 nitrogen and oxygen atoms in total. The number of rotatable bonds is 8. The Labute approximate surface area is 177 Å². The van der Waals surface area contributed by atoms with Crippen LogP contribution in [0.2, 0.25) is 0 Å². The number of guanidine groups is 1. The lowest BCUT2D eigenvalue weighted by Crippen LogP contribution is -2.40. The third kappa shape index (κ3) is 5.88. The molecule has 1 fully saturated rings. The molecule has 0 atom stereocenters. The van der Waals surface area contributed by atoms with Gasteiger partial charge in [-0.05, 0) is 43.7 Å². The van der Waals surface area contributed by atoms with Gasteiger partial charge in [0.15, 0.2) is 11.8 Å². The Morgan fingerprint density at radius 2 is 2.11 bits per heavy atom. The van der Waals surface area contributed by atoms with Crippen molar-refractivity contribution in [2.75, 3.05) is 19.6 Å². The predicted octanol–water partition coefficient (Wildman–Crippen LogP) is 3.43. The lowest BCUT2D eigenvalue weighted by atomic mass is 9.67. The zero-order chi connectivity index (χ0) is 18.2. The van der Waals surface area contributed by atoms with E-state index in [1.54, 1.807) is 6.20 Å². The fourth-order valence-corrected chi connectivity index (χ4v) is 3.13. The number of hydrogen-bond donors (Lipinski definition) is 2. The molecule has 0 aromatic carbocycles. The van der Waals surface area contributed by atoms with Crippen molar-refractivity contribution in [2.24, 2.45) is 10.4 Å². The smallest absolute Gasteiger partial charge is 0.276 e. The van der Waals surface area contributed by atoms with E-state index in [9.17, 15) is 0 Å². The van der Waals surface area contributed by atoms with Crippen LogP contribution in [0.25, 0.3) is 11.6 Å². The molecule has 0 amide bonds. The van der Waals surface area contributed by atoms with Crippen molar-refractivity contribution in [3.05, 3.63) is 30.2 Å². The number of nitrogens with one attached hydrogen (secondary N) is 2. The number of hydrogen-bond acceptors (Lipinski definition) is 5. The SMILES string of the molecule is CCNC(=NCC1(CC)CCC1)NCCc1noc(-c2ccccn2)n1.I. The number of aliphatic imine (C=N–C) groups is 1. The molecule has 148 valence electrons. The van der Waals surface area contributed by atoms with Crippen LogP contribution < -0.4 is 10.6 Å². The maximum atomic E-state index is 5.29. The van der Waals surface area contributed by atoms with E-state index in [0.29, 0.717) is 35.8 Å². The average Bonchev–Trinajstić information content (AvgIpc) is 3.11. The summed E-state index contributed by atoms with van der Waals surface area (Å²) >= 11 is 0. The van der Waals surface area contributed by atoms with Gasteiger partial charge in [-0.1, -0.05) is 24.6 Å². The third-order valence-corrected chi connectivity index (χ3v) is 5.07. The van der Waals surface area contributed by atoms with Crippen molar-refractivity contribution in [3.8, 4) is 11.6 Å². The molecular weight excluding hydrogens is 455 g/mol. The van der Waals surface area contributed by atoms with E-state index < -0.39 is 0 Å². The van der Waals surface area contributed by atoms with Gasteiger partial charge in [-0.15, -0.1) is 24.0 Å². The topological polar surface area (TPSA) is 88.2 Å². The van der Waals surface area contributed by atoms with Crippen LogP contribution >= 0.6 is 24.0 Å². The highest BCUT2D eigenvalue weighted by atomic mass is 127. The molecule has 1 aliphatic rings. The van der Waals surface area contributed by atoms with Crippen molar-refractivity contribution >= 4 is 29.9 Å². The average molecular weight is 484 g/mol.